The fourth-order valence-corrected chi connectivity index (χ4v) is 3.68. The van der Waals surface area contributed by atoms with Crippen LogP contribution in [0.1, 0.15) is 24.8 Å². The van der Waals surface area contributed by atoms with Crippen LogP contribution in [0.25, 0.3) is 0 Å². The molecule has 24 heavy (non-hydrogen) atoms. The van der Waals surface area contributed by atoms with Crippen LogP contribution < -0.4 is 10.6 Å². The number of hydrogen-bond acceptors (Lipinski definition) is 4. The lowest BCUT2D eigenvalue weighted by Crippen LogP contribution is -2.30. The number of thioether (sulfide) groups is 1. The highest BCUT2D eigenvalue weighted by Crippen LogP contribution is 2.24. The average molecular weight is 341 g/mol. The Bertz CT molecular complexity index is 639. The van der Waals surface area contributed by atoms with Gasteiger partial charge in [0.15, 0.2) is 0 Å². The van der Waals surface area contributed by atoms with E-state index in [4.69, 9.17) is 0 Å². The summed E-state index contributed by atoms with van der Waals surface area (Å²) >= 11 is 1.77. The molecule has 3 rings (SSSR count). The zero-order valence-electron chi connectivity index (χ0n) is 13.7. The predicted octanol–water partition coefficient (Wildman–Crippen LogP) is 3.70. The van der Waals surface area contributed by atoms with Crippen LogP contribution in [0, 0.1) is 5.92 Å². The largest absolute Gasteiger partial charge is 0.326 e. The first-order valence-corrected chi connectivity index (χ1v) is 9.40. The number of aromatic nitrogens is 1. The van der Waals surface area contributed by atoms with Gasteiger partial charge in [0, 0.05) is 35.2 Å². The van der Waals surface area contributed by atoms with Gasteiger partial charge < -0.3 is 10.6 Å². The zero-order valence-corrected chi connectivity index (χ0v) is 14.5. The van der Waals surface area contributed by atoms with Gasteiger partial charge >= 0.3 is 0 Å². The molecule has 1 aromatic heterocycles. The Kier molecular flexibility index (Phi) is 6.26. The number of carbonyl (C=O) groups is 1. The highest BCUT2D eigenvalue weighted by Gasteiger charge is 2.16. The molecule has 1 aliphatic heterocycles. The first-order valence-electron chi connectivity index (χ1n) is 8.42. The highest BCUT2D eigenvalue weighted by molar-refractivity contribution is 7.98. The van der Waals surface area contributed by atoms with E-state index in [2.05, 4.69) is 33.8 Å². The van der Waals surface area contributed by atoms with Gasteiger partial charge in [-0.15, -0.1) is 11.8 Å². The van der Waals surface area contributed by atoms with E-state index in [1.807, 2.05) is 24.4 Å². The fourth-order valence-electron chi connectivity index (χ4n) is 2.84. The van der Waals surface area contributed by atoms with Crippen LogP contribution in [-0.2, 0) is 10.5 Å². The van der Waals surface area contributed by atoms with Crippen molar-refractivity contribution in [1.82, 2.24) is 10.3 Å². The topological polar surface area (TPSA) is 54.0 Å². The predicted molar refractivity (Wildman–Crippen MR) is 99.1 cm³/mol. The Hall–Kier alpha value is -1.85. The standard InChI is InChI=1S/C19H23N3OS/c23-19(12-15-7-10-20-11-8-15)22-17-3-5-18(6-4-17)24-14-16-2-1-9-21-13-16/h1-6,9,13,15,20H,7-8,10-12,14H2,(H,22,23). The van der Waals surface area contributed by atoms with Gasteiger partial charge in [0.05, 0.1) is 0 Å². The molecule has 5 heteroatoms. The maximum absolute atomic E-state index is 12.1. The lowest BCUT2D eigenvalue weighted by molar-refractivity contribution is -0.117. The number of rotatable bonds is 6. The molecule has 0 spiro atoms. The van der Waals surface area contributed by atoms with Crippen molar-refractivity contribution in [3.63, 3.8) is 0 Å². The molecule has 0 radical (unpaired) electrons. The first kappa shape index (κ1) is 17.0. The summed E-state index contributed by atoms with van der Waals surface area (Å²) in [5, 5.41) is 6.34. The SMILES string of the molecule is O=C(CC1CCNCC1)Nc1ccc(SCc2cccnc2)cc1. The molecule has 0 atom stereocenters. The number of piperidine rings is 1. The van der Waals surface area contributed by atoms with Crippen LogP contribution in [0.4, 0.5) is 5.69 Å². The maximum Gasteiger partial charge on any atom is 0.224 e. The van der Waals surface area contributed by atoms with E-state index < -0.39 is 0 Å². The summed E-state index contributed by atoms with van der Waals surface area (Å²) < 4.78 is 0. The normalized spacial score (nSPS) is 15.2. The van der Waals surface area contributed by atoms with Gasteiger partial charge in [-0.25, -0.2) is 0 Å². The van der Waals surface area contributed by atoms with Crippen molar-refractivity contribution in [3.8, 4) is 0 Å². The Morgan fingerprint density at radius 3 is 2.71 bits per heavy atom. The molecule has 1 saturated heterocycles. The van der Waals surface area contributed by atoms with Gasteiger partial charge in [0.25, 0.3) is 0 Å². The van der Waals surface area contributed by atoms with E-state index in [0.717, 1.165) is 37.4 Å². The number of amides is 1. The van der Waals surface area contributed by atoms with E-state index >= 15 is 0 Å². The number of carbonyl (C=O) groups excluding carboxylic acids is 1. The highest BCUT2D eigenvalue weighted by atomic mass is 32.2. The van der Waals surface area contributed by atoms with E-state index in [1.165, 1.54) is 10.5 Å². The van der Waals surface area contributed by atoms with Gasteiger partial charge in [0.2, 0.25) is 5.91 Å². The summed E-state index contributed by atoms with van der Waals surface area (Å²) in [5.74, 6) is 1.54. The molecule has 2 heterocycles. The van der Waals surface area contributed by atoms with Crippen LogP contribution in [0.5, 0.6) is 0 Å². The van der Waals surface area contributed by atoms with Crippen molar-refractivity contribution in [2.45, 2.75) is 29.9 Å². The van der Waals surface area contributed by atoms with Gasteiger partial charge in [-0.1, -0.05) is 6.07 Å². The summed E-state index contributed by atoms with van der Waals surface area (Å²) in [6.45, 7) is 2.06. The Balaban J connectivity index is 1.46. The fraction of sp³-hybridized carbons (Fsp3) is 0.368. The second-order valence-electron chi connectivity index (χ2n) is 6.12. The number of nitrogens with one attached hydrogen (secondary N) is 2. The Morgan fingerprint density at radius 1 is 1.21 bits per heavy atom. The molecule has 126 valence electrons. The molecular weight excluding hydrogens is 318 g/mol. The molecule has 1 fully saturated rings. The molecule has 1 amide bonds. The summed E-state index contributed by atoms with van der Waals surface area (Å²) in [6.07, 6.45) is 6.49. The van der Waals surface area contributed by atoms with Crippen LogP contribution in [0.2, 0.25) is 0 Å². The maximum atomic E-state index is 12.1. The molecule has 0 aliphatic carbocycles. The molecule has 4 nitrogen and oxygen atoms in total. The minimum Gasteiger partial charge on any atom is -0.326 e. The third-order valence-corrected chi connectivity index (χ3v) is 5.28. The zero-order chi connectivity index (χ0) is 16.6. The Labute approximate surface area is 147 Å². The number of hydrogen-bond donors (Lipinski definition) is 2. The molecule has 1 aliphatic rings. The molecule has 1 aromatic carbocycles. The minimum atomic E-state index is 0.123. The lowest BCUT2D eigenvalue weighted by Gasteiger charge is -2.21. The third-order valence-electron chi connectivity index (χ3n) is 4.20. The second kappa shape index (κ2) is 8.85. The Morgan fingerprint density at radius 2 is 2.00 bits per heavy atom. The summed E-state index contributed by atoms with van der Waals surface area (Å²) in [6, 6.07) is 12.1. The molecule has 0 unspecified atom stereocenters. The van der Waals surface area contributed by atoms with Crippen LogP contribution >= 0.6 is 11.8 Å². The van der Waals surface area contributed by atoms with Gasteiger partial charge in [-0.05, 0) is 67.7 Å². The molecule has 0 saturated carbocycles. The second-order valence-corrected chi connectivity index (χ2v) is 7.17. The van der Waals surface area contributed by atoms with Crippen molar-refractivity contribution in [3.05, 3.63) is 54.4 Å². The number of nitrogens with zero attached hydrogens (tertiary/aromatic N) is 1. The smallest absolute Gasteiger partial charge is 0.224 e. The van der Waals surface area contributed by atoms with E-state index in [-0.39, 0.29) is 5.91 Å². The molecule has 2 aromatic rings. The van der Waals surface area contributed by atoms with Crippen LogP contribution in [0.3, 0.4) is 0 Å². The quantitative estimate of drug-likeness (QED) is 0.787. The van der Waals surface area contributed by atoms with Crippen LogP contribution in [-0.4, -0.2) is 24.0 Å². The van der Waals surface area contributed by atoms with Crippen molar-refractivity contribution >= 4 is 23.4 Å². The van der Waals surface area contributed by atoms with Crippen molar-refractivity contribution in [1.29, 1.82) is 0 Å². The van der Waals surface area contributed by atoms with E-state index in [0.29, 0.717) is 12.3 Å². The molecular formula is C19H23N3OS. The molecule has 2 N–H and O–H groups in total. The third kappa shape index (κ3) is 5.35. The average Bonchev–Trinajstić information content (AvgIpc) is 2.63. The summed E-state index contributed by atoms with van der Waals surface area (Å²) in [4.78, 5) is 17.4. The van der Waals surface area contributed by atoms with Gasteiger partial charge in [0.1, 0.15) is 0 Å². The van der Waals surface area contributed by atoms with Crippen molar-refractivity contribution in [2.75, 3.05) is 18.4 Å². The van der Waals surface area contributed by atoms with E-state index in [9.17, 15) is 4.79 Å². The number of benzene rings is 1. The number of anilines is 1. The van der Waals surface area contributed by atoms with E-state index in [1.54, 1.807) is 18.0 Å². The summed E-state index contributed by atoms with van der Waals surface area (Å²) in [7, 11) is 0. The molecule has 0 bridgehead atoms. The first-order chi connectivity index (χ1) is 11.8. The van der Waals surface area contributed by atoms with Gasteiger partial charge in [-0.2, -0.15) is 0 Å². The number of pyridine rings is 1. The monoisotopic (exact) mass is 341 g/mol. The van der Waals surface area contributed by atoms with Crippen molar-refractivity contribution in [2.24, 2.45) is 5.92 Å². The summed E-state index contributed by atoms with van der Waals surface area (Å²) in [5.41, 5.74) is 2.08. The van der Waals surface area contributed by atoms with Crippen molar-refractivity contribution < 1.29 is 4.79 Å². The lowest BCUT2D eigenvalue weighted by atomic mass is 9.94. The van der Waals surface area contributed by atoms with Crippen LogP contribution in [0.15, 0.2) is 53.7 Å². The minimum absolute atomic E-state index is 0.123. The van der Waals surface area contributed by atoms with Gasteiger partial charge in [-0.3, -0.25) is 9.78 Å².